The Hall–Kier alpha value is -0.620. The Bertz CT molecular complexity index is 570. The SMILES string of the molecule is Cc1c(I)cccc1NCc1cc(Br)ccc1F. The summed E-state index contributed by atoms with van der Waals surface area (Å²) in [4.78, 5) is 0. The summed E-state index contributed by atoms with van der Waals surface area (Å²) in [5, 5.41) is 3.27. The number of benzene rings is 2. The molecule has 2 aromatic rings. The van der Waals surface area contributed by atoms with Gasteiger partial charge in [-0.25, -0.2) is 4.39 Å². The molecule has 1 nitrogen and oxygen atoms in total. The van der Waals surface area contributed by atoms with E-state index in [-0.39, 0.29) is 5.82 Å². The van der Waals surface area contributed by atoms with Crippen LogP contribution in [0.2, 0.25) is 0 Å². The molecule has 0 aliphatic rings. The van der Waals surface area contributed by atoms with E-state index in [4.69, 9.17) is 0 Å². The van der Waals surface area contributed by atoms with E-state index >= 15 is 0 Å². The van der Waals surface area contributed by atoms with Crippen LogP contribution in [-0.4, -0.2) is 0 Å². The number of anilines is 1. The summed E-state index contributed by atoms with van der Waals surface area (Å²) >= 11 is 5.65. The van der Waals surface area contributed by atoms with Gasteiger partial charge >= 0.3 is 0 Å². The average molecular weight is 420 g/mol. The third-order valence-electron chi connectivity index (χ3n) is 2.74. The van der Waals surface area contributed by atoms with Crippen molar-refractivity contribution in [3.8, 4) is 0 Å². The average Bonchev–Trinajstić information content (AvgIpc) is 2.35. The highest BCUT2D eigenvalue weighted by Gasteiger charge is 2.05. The molecule has 2 rings (SSSR count). The lowest BCUT2D eigenvalue weighted by molar-refractivity contribution is 0.612. The van der Waals surface area contributed by atoms with Gasteiger partial charge in [0.1, 0.15) is 5.82 Å². The van der Waals surface area contributed by atoms with Gasteiger partial charge in [-0.2, -0.15) is 0 Å². The summed E-state index contributed by atoms with van der Waals surface area (Å²) < 4.78 is 15.7. The highest BCUT2D eigenvalue weighted by molar-refractivity contribution is 14.1. The third-order valence-corrected chi connectivity index (χ3v) is 4.41. The summed E-state index contributed by atoms with van der Waals surface area (Å²) in [6.07, 6.45) is 0. The van der Waals surface area contributed by atoms with Gasteiger partial charge in [-0.05, 0) is 65.4 Å². The van der Waals surface area contributed by atoms with Crippen LogP contribution >= 0.6 is 38.5 Å². The van der Waals surface area contributed by atoms with Gasteiger partial charge in [-0.3, -0.25) is 0 Å². The lowest BCUT2D eigenvalue weighted by atomic mass is 10.1. The monoisotopic (exact) mass is 419 g/mol. The van der Waals surface area contributed by atoms with E-state index in [2.05, 4.69) is 56.8 Å². The van der Waals surface area contributed by atoms with Crippen molar-refractivity contribution < 1.29 is 4.39 Å². The fourth-order valence-electron chi connectivity index (χ4n) is 1.67. The first kappa shape index (κ1) is 13.8. The van der Waals surface area contributed by atoms with Crippen LogP contribution < -0.4 is 5.32 Å². The number of rotatable bonds is 3. The summed E-state index contributed by atoms with van der Waals surface area (Å²) in [6, 6.07) is 11.0. The molecule has 2 aromatic carbocycles. The molecule has 18 heavy (non-hydrogen) atoms. The van der Waals surface area contributed by atoms with E-state index in [1.54, 1.807) is 12.1 Å². The molecule has 0 bridgehead atoms. The maximum Gasteiger partial charge on any atom is 0.128 e. The fourth-order valence-corrected chi connectivity index (χ4v) is 2.57. The van der Waals surface area contributed by atoms with Crippen molar-refractivity contribution in [1.29, 1.82) is 0 Å². The molecular weight excluding hydrogens is 408 g/mol. The number of nitrogens with one attached hydrogen (secondary N) is 1. The minimum Gasteiger partial charge on any atom is -0.381 e. The first-order valence-corrected chi connectivity index (χ1v) is 7.38. The van der Waals surface area contributed by atoms with Crippen LogP contribution in [0.15, 0.2) is 40.9 Å². The van der Waals surface area contributed by atoms with Gasteiger partial charge in [0.25, 0.3) is 0 Å². The fraction of sp³-hybridized carbons (Fsp3) is 0.143. The minimum absolute atomic E-state index is 0.186. The largest absolute Gasteiger partial charge is 0.381 e. The van der Waals surface area contributed by atoms with Crippen molar-refractivity contribution in [3.05, 3.63) is 61.4 Å². The molecular formula is C14H12BrFIN. The number of hydrogen-bond donors (Lipinski definition) is 1. The predicted molar refractivity (Wildman–Crippen MR) is 85.3 cm³/mol. The molecule has 4 heteroatoms. The number of halogens is 3. The Labute approximate surface area is 128 Å². The lowest BCUT2D eigenvalue weighted by Crippen LogP contribution is -2.03. The van der Waals surface area contributed by atoms with Crippen LogP contribution in [0.1, 0.15) is 11.1 Å². The first-order valence-electron chi connectivity index (χ1n) is 5.51. The minimum atomic E-state index is -0.186. The first-order chi connectivity index (χ1) is 8.58. The standard InChI is InChI=1S/C14H12BrFIN/c1-9-13(17)3-2-4-14(9)18-8-10-7-11(15)5-6-12(10)16/h2-7,18H,8H2,1H3. The summed E-state index contributed by atoms with van der Waals surface area (Å²) in [6.45, 7) is 2.54. The van der Waals surface area contributed by atoms with Crippen LogP contribution in [-0.2, 0) is 6.54 Å². The zero-order valence-corrected chi connectivity index (χ0v) is 13.5. The van der Waals surface area contributed by atoms with Crippen LogP contribution in [0, 0.1) is 16.3 Å². The normalized spacial score (nSPS) is 10.4. The van der Waals surface area contributed by atoms with Gasteiger partial charge in [-0.15, -0.1) is 0 Å². The van der Waals surface area contributed by atoms with Gasteiger partial charge in [0.2, 0.25) is 0 Å². The molecule has 0 saturated carbocycles. The zero-order valence-electron chi connectivity index (χ0n) is 9.81. The molecule has 0 fully saturated rings. The Morgan fingerprint density at radius 2 is 2.06 bits per heavy atom. The molecule has 1 N–H and O–H groups in total. The van der Waals surface area contributed by atoms with Crippen molar-refractivity contribution in [1.82, 2.24) is 0 Å². The summed E-state index contributed by atoms with van der Waals surface area (Å²) in [5.41, 5.74) is 2.89. The zero-order chi connectivity index (χ0) is 13.1. The van der Waals surface area contributed by atoms with E-state index in [0.717, 1.165) is 10.2 Å². The molecule has 0 spiro atoms. The molecule has 0 heterocycles. The number of hydrogen-bond acceptors (Lipinski definition) is 1. The van der Waals surface area contributed by atoms with Crippen molar-refractivity contribution in [2.45, 2.75) is 13.5 Å². The van der Waals surface area contributed by atoms with Crippen LogP contribution in [0.25, 0.3) is 0 Å². The second-order valence-electron chi connectivity index (χ2n) is 4.00. The molecule has 0 unspecified atom stereocenters. The lowest BCUT2D eigenvalue weighted by Gasteiger charge is -2.11. The second-order valence-corrected chi connectivity index (χ2v) is 6.08. The summed E-state index contributed by atoms with van der Waals surface area (Å²) in [5.74, 6) is -0.186. The predicted octanol–water partition coefficient (Wildman–Crippen LogP) is 5.11. The quantitative estimate of drug-likeness (QED) is 0.681. The van der Waals surface area contributed by atoms with Crippen molar-refractivity contribution in [2.75, 3.05) is 5.32 Å². The van der Waals surface area contributed by atoms with E-state index in [9.17, 15) is 4.39 Å². The molecule has 94 valence electrons. The molecule has 0 aliphatic heterocycles. The highest BCUT2D eigenvalue weighted by Crippen LogP contribution is 2.22. The maximum atomic E-state index is 13.6. The van der Waals surface area contributed by atoms with Gasteiger partial charge in [0.15, 0.2) is 0 Å². The van der Waals surface area contributed by atoms with Crippen LogP contribution in [0.3, 0.4) is 0 Å². The Morgan fingerprint density at radius 1 is 1.28 bits per heavy atom. The maximum absolute atomic E-state index is 13.6. The van der Waals surface area contributed by atoms with E-state index < -0.39 is 0 Å². The molecule has 0 amide bonds. The van der Waals surface area contributed by atoms with Crippen molar-refractivity contribution in [3.63, 3.8) is 0 Å². The Kier molecular flexibility index (Phi) is 4.61. The Balaban J connectivity index is 2.16. The van der Waals surface area contributed by atoms with E-state index in [1.165, 1.54) is 15.2 Å². The van der Waals surface area contributed by atoms with Crippen LogP contribution in [0.4, 0.5) is 10.1 Å². The van der Waals surface area contributed by atoms with E-state index in [1.807, 2.05) is 12.1 Å². The Morgan fingerprint density at radius 3 is 2.83 bits per heavy atom. The van der Waals surface area contributed by atoms with Gasteiger partial charge in [0, 0.05) is 25.8 Å². The third kappa shape index (κ3) is 3.23. The van der Waals surface area contributed by atoms with Gasteiger partial charge < -0.3 is 5.32 Å². The molecule has 0 aromatic heterocycles. The smallest absolute Gasteiger partial charge is 0.128 e. The second kappa shape index (κ2) is 6.02. The molecule has 0 atom stereocenters. The topological polar surface area (TPSA) is 12.0 Å². The molecule has 0 aliphatic carbocycles. The molecule has 0 saturated heterocycles. The van der Waals surface area contributed by atoms with Crippen LogP contribution in [0.5, 0.6) is 0 Å². The van der Waals surface area contributed by atoms with Crippen molar-refractivity contribution >= 4 is 44.2 Å². The molecule has 0 radical (unpaired) electrons. The highest BCUT2D eigenvalue weighted by atomic mass is 127. The van der Waals surface area contributed by atoms with Crippen molar-refractivity contribution in [2.24, 2.45) is 0 Å². The van der Waals surface area contributed by atoms with Gasteiger partial charge in [0.05, 0.1) is 0 Å². The van der Waals surface area contributed by atoms with E-state index in [0.29, 0.717) is 12.1 Å². The summed E-state index contributed by atoms with van der Waals surface area (Å²) in [7, 11) is 0. The van der Waals surface area contributed by atoms with Gasteiger partial charge in [-0.1, -0.05) is 22.0 Å².